The normalized spacial score (nSPS) is 12.6. The summed E-state index contributed by atoms with van der Waals surface area (Å²) in [4.78, 5) is 5.04. The molecule has 0 aliphatic heterocycles. The minimum absolute atomic E-state index is 1.01. The number of rotatable bonds is 2. The maximum atomic E-state index is 5.04. The lowest BCUT2D eigenvalue weighted by atomic mass is 9.92. The van der Waals surface area contributed by atoms with Gasteiger partial charge in [-0.15, -0.1) is 0 Å². The van der Waals surface area contributed by atoms with Gasteiger partial charge < -0.3 is 0 Å². The summed E-state index contributed by atoms with van der Waals surface area (Å²) in [5.74, 6) is 0. The van der Waals surface area contributed by atoms with Gasteiger partial charge >= 0.3 is 0 Å². The Morgan fingerprint density at radius 3 is 1.44 bits per heavy atom. The number of hydrogen-bond donors (Lipinski definition) is 0. The molecule has 1 nitrogen and oxygen atoms in total. The molecule has 0 aromatic heterocycles. The second-order valence-electron chi connectivity index (χ2n) is 9.21. The predicted octanol–water partition coefficient (Wildman–Crippen LogP) is 9.23. The molecule has 8 rings (SSSR count). The van der Waals surface area contributed by atoms with Crippen molar-refractivity contribution in [3.63, 3.8) is 0 Å². The van der Waals surface area contributed by atoms with Gasteiger partial charge in [-0.2, -0.15) is 0 Å². The van der Waals surface area contributed by atoms with Crippen molar-refractivity contribution >= 4 is 76.5 Å². The molecule has 0 bridgehead atoms. The Labute approximate surface area is 196 Å². The molecule has 0 heterocycles. The maximum Gasteiger partial charge on any atom is 0.0708 e. The third-order valence-electron chi connectivity index (χ3n) is 7.41. The average Bonchev–Trinajstić information content (AvgIpc) is 2.90. The molecule has 0 amide bonds. The largest absolute Gasteiger partial charge is 0.256 e. The fourth-order valence-corrected chi connectivity index (χ4v) is 5.84. The molecule has 34 heavy (non-hydrogen) atoms. The van der Waals surface area contributed by atoms with Crippen molar-refractivity contribution < 1.29 is 0 Å². The van der Waals surface area contributed by atoms with Crippen LogP contribution in [-0.4, -0.2) is 6.21 Å². The van der Waals surface area contributed by atoms with Crippen LogP contribution in [0.1, 0.15) is 5.56 Å². The Bertz CT molecular complexity index is 1880. The van der Waals surface area contributed by atoms with Crippen molar-refractivity contribution in [3.05, 3.63) is 115 Å². The van der Waals surface area contributed by atoms with Gasteiger partial charge in [0, 0.05) is 17.2 Å². The summed E-state index contributed by atoms with van der Waals surface area (Å²) in [7, 11) is 0. The molecule has 0 aliphatic carbocycles. The van der Waals surface area contributed by atoms with Crippen LogP contribution in [0.15, 0.2) is 114 Å². The second kappa shape index (κ2) is 6.52. The van der Waals surface area contributed by atoms with Crippen LogP contribution in [0.2, 0.25) is 0 Å². The van der Waals surface area contributed by atoms with Crippen molar-refractivity contribution in [1.29, 1.82) is 0 Å². The van der Waals surface area contributed by atoms with Crippen LogP contribution in [-0.2, 0) is 0 Å². The van der Waals surface area contributed by atoms with E-state index in [1.54, 1.807) is 0 Å². The van der Waals surface area contributed by atoms with Crippen molar-refractivity contribution in [3.8, 4) is 0 Å². The molecule has 1 heteroatoms. The van der Waals surface area contributed by atoms with E-state index in [0.717, 1.165) is 11.3 Å². The Morgan fingerprint density at radius 1 is 0.382 bits per heavy atom. The SMILES string of the molecule is C(=Nc1ccc2ccc3cccc4ccc1c2c34)c1ccc2ccc3cccc4ccc1c2c34. The van der Waals surface area contributed by atoms with Gasteiger partial charge in [-0.1, -0.05) is 103 Å². The van der Waals surface area contributed by atoms with Gasteiger partial charge in [0.05, 0.1) is 5.69 Å². The van der Waals surface area contributed by atoms with Gasteiger partial charge in [-0.25, -0.2) is 0 Å². The summed E-state index contributed by atoms with van der Waals surface area (Å²) in [6.07, 6.45) is 2.04. The van der Waals surface area contributed by atoms with Crippen LogP contribution in [0.4, 0.5) is 5.69 Å². The van der Waals surface area contributed by atoms with Gasteiger partial charge in [0.2, 0.25) is 0 Å². The summed E-state index contributed by atoms with van der Waals surface area (Å²) in [6, 6.07) is 39.6. The molecule has 0 unspecified atom stereocenters. The molecule has 0 N–H and O–H groups in total. The topological polar surface area (TPSA) is 12.4 Å². The first-order chi connectivity index (χ1) is 16.8. The average molecular weight is 430 g/mol. The number of hydrogen-bond acceptors (Lipinski definition) is 1. The molecule has 0 radical (unpaired) electrons. The summed E-state index contributed by atoms with van der Waals surface area (Å²) in [6.45, 7) is 0. The van der Waals surface area contributed by atoms with Gasteiger partial charge in [-0.05, 0) is 65.3 Å². The molecule has 0 saturated heterocycles. The van der Waals surface area contributed by atoms with E-state index in [0.29, 0.717) is 0 Å². The first kappa shape index (κ1) is 18.0. The minimum atomic E-state index is 1.01. The molecular weight excluding hydrogens is 410 g/mol. The molecular formula is C33H19N. The van der Waals surface area contributed by atoms with Gasteiger partial charge in [0.15, 0.2) is 0 Å². The van der Waals surface area contributed by atoms with E-state index in [-0.39, 0.29) is 0 Å². The van der Waals surface area contributed by atoms with E-state index >= 15 is 0 Å². The summed E-state index contributed by atoms with van der Waals surface area (Å²) < 4.78 is 0. The Kier molecular flexibility index (Phi) is 3.45. The zero-order valence-corrected chi connectivity index (χ0v) is 18.4. The van der Waals surface area contributed by atoms with Crippen LogP contribution < -0.4 is 0 Å². The predicted molar refractivity (Wildman–Crippen MR) is 148 cm³/mol. The maximum absolute atomic E-state index is 5.04. The second-order valence-corrected chi connectivity index (χ2v) is 9.21. The summed E-state index contributed by atoms with van der Waals surface area (Å²) >= 11 is 0. The molecule has 156 valence electrons. The fourth-order valence-electron chi connectivity index (χ4n) is 5.84. The summed E-state index contributed by atoms with van der Waals surface area (Å²) in [5.41, 5.74) is 2.16. The lowest BCUT2D eigenvalue weighted by Crippen LogP contribution is -1.89. The Hall–Kier alpha value is -4.49. The zero-order valence-electron chi connectivity index (χ0n) is 18.4. The first-order valence-electron chi connectivity index (χ1n) is 11.7. The third-order valence-corrected chi connectivity index (χ3v) is 7.41. The lowest BCUT2D eigenvalue weighted by Gasteiger charge is -2.13. The monoisotopic (exact) mass is 429 g/mol. The smallest absolute Gasteiger partial charge is 0.0708 e. The third kappa shape index (κ3) is 2.36. The van der Waals surface area contributed by atoms with Crippen molar-refractivity contribution in [2.75, 3.05) is 0 Å². The van der Waals surface area contributed by atoms with Crippen LogP contribution in [0.5, 0.6) is 0 Å². The highest BCUT2D eigenvalue weighted by atomic mass is 14.7. The standard InChI is InChI=1S/C33H19N/c1-3-20-7-9-24-11-12-26(27-16-13-22(5-1)30(20)32(24)27)19-34-29-18-15-25-10-8-21-4-2-6-23-14-17-28(29)33(25)31(21)23/h1-19H. The highest BCUT2D eigenvalue weighted by Crippen LogP contribution is 2.39. The highest BCUT2D eigenvalue weighted by molar-refractivity contribution is 6.27. The molecule has 0 spiro atoms. The van der Waals surface area contributed by atoms with Crippen molar-refractivity contribution in [1.82, 2.24) is 0 Å². The van der Waals surface area contributed by atoms with Crippen LogP contribution in [0.3, 0.4) is 0 Å². The van der Waals surface area contributed by atoms with Crippen molar-refractivity contribution in [2.24, 2.45) is 4.99 Å². The minimum Gasteiger partial charge on any atom is -0.256 e. The van der Waals surface area contributed by atoms with Crippen LogP contribution in [0, 0.1) is 0 Å². The quantitative estimate of drug-likeness (QED) is 0.192. The van der Waals surface area contributed by atoms with Crippen LogP contribution >= 0.6 is 0 Å². The number of nitrogens with zero attached hydrogens (tertiary/aromatic N) is 1. The fraction of sp³-hybridized carbons (Fsp3) is 0. The lowest BCUT2D eigenvalue weighted by molar-refractivity contribution is 1.59. The van der Waals surface area contributed by atoms with Crippen LogP contribution in [0.25, 0.3) is 64.6 Å². The van der Waals surface area contributed by atoms with E-state index in [4.69, 9.17) is 4.99 Å². The molecule has 8 aromatic carbocycles. The van der Waals surface area contributed by atoms with Gasteiger partial charge in [-0.3, -0.25) is 4.99 Å². The molecule has 0 atom stereocenters. The summed E-state index contributed by atoms with van der Waals surface area (Å²) in [5, 5.41) is 15.4. The van der Waals surface area contributed by atoms with Gasteiger partial charge in [0.1, 0.15) is 0 Å². The molecule has 0 saturated carbocycles. The Balaban J connectivity index is 1.37. The van der Waals surface area contributed by atoms with E-state index in [2.05, 4.69) is 109 Å². The highest BCUT2D eigenvalue weighted by Gasteiger charge is 2.12. The van der Waals surface area contributed by atoms with E-state index < -0.39 is 0 Å². The Morgan fingerprint density at radius 2 is 0.824 bits per heavy atom. The van der Waals surface area contributed by atoms with Gasteiger partial charge in [0.25, 0.3) is 0 Å². The number of aliphatic imine (C=N–C) groups is 1. The zero-order chi connectivity index (χ0) is 22.2. The number of benzene rings is 8. The molecule has 0 aliphatic rings. The first-order valence-corrected chi connectivity index (χ1v) is 11.7. The van der Waals surface area contributed by atoms with Crippen molar-refractivity contribution in [2.45, 2.75) is 0 Å². The van der Waals surface area contributed by atoms with E-state index in [1.807, 2.05) is 6.21 Å². The molecule has 8 aromatic rings. The van der Waals surface area contributed by atoms with E-state index in [9.17, 15) is 0 Å². The molecule has 0 fully saturated rings. The van der Waals surface area contributed by atoms with E-state index in [1.165, 1.54) is 64.6 Å².